The first kappa shape index (κ1) is 19.1. The minimum Gasteiger partial charge on any atom is -0.790 e. The smallest absolute Gasteiger partial charge is 0.0596 e. The van der Waals surface area contributed by atoms with E-state index in [-0.39, 0.29) is 6.61 Å². The zero-order valence-corrected chi connectivity index (χ0v) is 13.2. The number of unbranched alkanes of at least 4 members (excludes halogenated alkanes) is 11. The van der Waals surface area contributed by atoms with Crippen LogP contribution in [0.25, 0.3) is 0 Å². The molecule has 0 aromatic heterocycles. The van der Waals surface area contributed by atoms with Gasteiger partial charge >= 0.3 is 0 Å². The van der Waals surface area contributed by atoms with Gasteiger partial charge in [0, 0.05) is 0 Å². The SMILES string of the molecule is CCCCCCCCCCCCCCOP(=O)([O-])[O-]. The van der Waals surface area contributed by atoms with Crippen molar-refractivity contribution in [2.24, 2.45) is 0 Å². The summed E-state index contributed by atoms with van der Waals surface area (Å²) in [5, 5.41) is 0. The van der Waals surface area contributed by atoms with Crippen molar-refractivity contribution in [3.8, 4) is 0 Å². The summed E-state index contributed by atoms with van der Waals surface area (Å²) in [6, 6.07) is 0. The van der Waals surface area contributed by atoms with Gasteiger partial charge in [-0.2, -0.15) is 0 Å². The number of phosphoric acid groups is 1. The Bertz CT molecular complexity index is 227. The van der Waals surface area contributed by atoms with Gasteiger partial charge in [0.2, 0.25) is 0 Å². The fraction of sp³-hybridized carbons (Fsp3) is 1.00. The van der Waals surface area contributed by atoms with Crippen molar-refractivity contribution in [3.05, 3.63) is 0 Å². The zero-order valence-electron chi connectivity index (χ0n) is 12.3. The van der Waals surface area contributed by atoms with Gasteiger partial charge < -0.3 is 18.9 Å². The second-order valence-corrected chi connectivity index (χ2v) is 6.32. The molecule has 0 fully saturated rings. The first-order valence-electron chi connectivity index (χ1n) is 7.73. The maximum absolute atomic E-state index is 10.2. The average molecular weight is 292 g/mol. The minimum atomic E-state index is -4.75. The lowest BCUT2D eigenvalue weighted by Crippen LogP contribution is -2.16. The van der Waals surface area contributed by atoms with Crippen molar-refractivity contribution in [2.75, 3.05) is 6.61 Å². The van der Waals surface area contributed by atoms with E-state index in [0.29, 0.717) is 6.42 Å². The Morgan fingerprint density at radius 3 is 1.47 bits per heavy atom. The van der Waals surface area contributed by atoms with Crippen LogP contribution in [0.4, 0.5) is 0 Å². The van der Waals surface area contributed by atoms with Gasteiger partial charge in [0.05, 0.1) is 14.4 Å². The third-order valence-corrected chi connectivity index (χ3v) is 3.75. The van der Waals surface area contributed by atoms with E-state index in [0.717, 1.165) is 12.8 Å². The summed E-state index contributed by atoms with van der Waals surface area (Å²) in [6.07, 6.45) is 14.6. The van der Waals surface area contributed by atoms with Crippen LogP contribution in [0.15, 0.2) is 0 Å². The Labute approximate surface area is 118 Å². The lowest BCUT2D eigenvalue weighted by atomic mass is 10.1. The largest absolute Gasteiger partial charge is 0.790 e. The number of phosphoric ester groups is 1. The molecule has 116 valence electrons. The lowest BCUT2D eigenvalue weighted by molar-refractivity contribution is -0.341. The van der Waals surface area contributed by atoms with E-state index in [9.17, 15) is 14.4 Å². The highest BCUT2D eigenvalue weighted by molar-refractivity contribution is 7.43. The molecule has 0 aromatic carbocycles. The molecule has 0 N–H and O–H groups in total. The second-order valence-electron chi connectivity index (χ2n) is 5.17. The molecule has 0 heterocycles. The first-order chi connectivity index (χ1) is 9.06. The standard InChI is InChI=1S/C14H31O4P/c1-2-3-4-5-6-7-8-9-10-11-12-13-14-18-19(15,16)17/h2-14H2,1H3,(H2,15,16,17)/p-2. The van der Waals surface area contributed by atoms with Crippen LogP contribution in [0.1, 0.15) is 84.0 Å². The van der Waals surface area contributed by atoms with E-state index in [4.69, 9.17) is 0 Å². The van der Waals surface area contributed by atoms with Gasteiger partial charge in [-0.25, -0.2) is 0 Å². The predicted octanol–water partition coefficient (Wildman–Crippen LogP) is 3.53. The van der Waals surface area contributed by atoms with Crippen LogP contribution in [0.2, 0.25) is 0 Å². The van der Waals surface area contributed by atoms with Gasteiger partial charge in [0.25, 0.3) is 0 Å². The molecule has 0 aliphatic rings. The fourth-order valence-electron chi connectivity index (χ4n) is 2.12. The summed E-state index contributed by atoms with van der Waals surface area (Å²) in [7, 11) is -4.75. The first-order valence-corrected chi connectivity index (χ1v) is 9.19. The maximum Gasteiger partial charge on any atom is 0.0596 e. The molecule has 0 saturated carbocycles. The molecule has 19 heavy (non-hydrogen) atoms. The van der Waals surface area contributed by atoms with Crippen LogP contribution in [-0.2, 0) is 9.09 Å². The van der Waals surface area contributed by atoms with E-state index >= 15 is 0 Å². The van der Waals surface area contributed by atoms with Crippen LogP contribution in [-0.4, -0.2) is 6.61 Å². The highest BCUT2D eigenvalue weighted by Crippen LogP contribution is 2.24. The molecule has 0 bridgehead atoms. The Kier molecular flexibility index (Phi) is 13.2. The van der Waals surface area contributed by atoms with Crippen molar-refractivity contribution < 1.29 is 18.9 Å². The van der Waals surface area contributed by atoms with Gasteiger partial charge in [0.15, 0.2) is 0 Å². The molecule has 0 atom stereocenters. The maximum atomic E-state index is 10.2. The highest BCUT2D eigenvalue weighted by Gasteiger charge is 1.94. The van der Waals surface area contributed by atoms with E-state index in [2.05, 4.69) is 11.4 Å². The predicted molar refractivity (Wildman–Crippen MR) is 74.6 cm³/mol. The summed E-state index contributed by atoms with van der Waals surface area (Å²) >= 11 is 0. The summed E-state index contributed by atoms with van der Waals surface area (Å²) in [5.41, 5.74) is 0. The van der Waals surface area contributed by atoms with Gasteiger partial charge in [0.1, 0.15) is 0 Å². The molecule has 0 aliphatic carbocycles. The molecule has 0 rings (SSSR count). The topological polar surface area (TPSA) is 72.4 Å². The van der Waals surface area contributed by atoms with Crippen molar-refractivity contribution in [1.82, 2.24) is 0 Å². The van der Waals surface area contributed by atoms with Gasteiger partial charge in [-0.15, -0.1) is 0 Å². The summed E-state index contributed by atoms with van der Waals surface area (Å²) in [6.45, 7) is 2.28. The molecule has 0 spiro atoms. The summed E-state index contributed by atoms with van der Waals surface area (Å²) < 4.78 is 14.3. The third kappa shape index (κ3) is 18.1. The van der Waals surface area contributed by atoms with E-state index in [1.807, 2.05) is 0 Å². The number of rotatable bonds is 14. The van der Waals surface area contributed by atoms with Gasteiger partial charge in [-0.3, -0.25) is 0 Å². The highest BCUT2D eigenvalue weighted by atomic mass is 31.2. The van der Waals surface area contributed by atoms with Crippen molar-refractivity contribution in [3.63, 3.8) is 0 Å². The Hall–Kier alpha value is 0.110. The molecule has 4 nitrogen and oxygen atoms in total. The summed E-state index contributed by atoms with van der Waals surface area (Å²) in [5.74, 6) is 0. The Balaban J connectivity index is 3.01. The molecular weight excluding hydrogens is 263 g/mol. The molecule has 0 aliphatic heterocycles. The Morgan fingerprint density at radius 2 is 1.11 bits per heavy atom. The quantitative estimate of drug-likeness (QED) is 0.362. The molecule has 0 amide bonds. The van der Waals surface area contributed by atoms with E-state index < -0.39 is 7.82 Å². The van der Waals surface area contributed by atoms with Crippen LogP contribution >= 0.6 is 7.82 Å². The normalized spacial score (nSPS) is 11.9. The lowest BCUT2D eigenvalue weighted by Gasteiger charge is -2.28. The van der Waals surface area contributed by atoms with Crippen LogP contribution in [0, 0.1) is 0 Å². The van der Waals surface area contributed by atoms with Crippen molar-refractivity contribution >= 4 is 7.82 Å². The average Bonchev–Trinajstić information content (AvgIpc) is 2.34. The van der Waals surface area contributed by atoms with Gasteiger partial charge in [-0.1, -0.05) is 77.6 Å². The molecule has 0 unspecified atom stereocenters. The zero-order chi connectivity index (χ0) is 14.4. The van der Waals surface area contributed by atoms with E-state index in [1.165, 1.54) is 57.8 Å². The number of hydrogen-bond donors (Lipinski definition) is 0. The molecule has 0 aromatic rings. The van der Waals surface area contributed by atoms with E-state index in [1.54, 1.807) is 0 Å². The molecule has 0 radical (unpaired) electrons. The monoisotopic (exact) mass is 292 g/mol. The van der Waals surface area contributed by atoms with Crippen molar-refractivity contribution in [1.29, 1.82) is 0 Å². The van der Waals surface area contributed by atoms with Gasteiger partial charge in [-0.05, 0) is 6.42 Å². The second kappa shape index (κ2) is 13.1. The molecule has 0 saturated heterocycles. The van der Waals surface area contributed by atoms with Crippen LogP contribution in [0.5, 0.6) is 0 Å². The number of hydrogen-bond acceptors (Lipinski definition) is 4. The Morgan fingerprint density at radius 1 is 0.737 bits per heavy atom. The third-order valence-electron chi connectivity index (χ3n) is 3.25. The summed E-state index contributed by atoms with van der Waals surface area (Å²) in [4.78, 5) is 20.4. The minimum absolute atomic E-state index is 0.0434. The van der Waals surface area contributed by atoms with Crippen molar-refractivity contribution in [2.45, 2.75) is 84.0 Å². The van der Waals surface area contributed by atoms with Crippen LogP contribution in [0.3, 0.4) is 0 Å². The van der Waals surface area contributed by atoms with Crippen LogP contribution < -0.4 is 9.79 Å². The molecule has 5 heteroatoms. The molecular formula is C14H29O4P-2. The fourth-order valence-corrected chi connectivity index (χ4v) is 2.47.